The summed E-state index contributed by atoms with van der Waals surface area (Å²) in [5.74, 6) is -5.50. The van der Waals surface area contributed by atoms with Gasteiger partial charge in [0.25, 0.3) is 0 Å². The zero-order chi connectivity index (χ0) is 42.9. The van der Waals surface area contributed by atoms with Crippen LogP contribution in [-0.4, -0.2) is 107 Å². The molecule has 0 radical (unpaired) electrons. The topological polar surface area (TPSA) is 298 Å². The predicted octanol–water partition coefficient (Wildman–Crippen LogP) is -0.781. The molecular weight excluding hydrogens is 834 g/mol. The van der Waals surface area contributed by atoms with Gasteiger partial charge in [0, 0.05) is 54.9 Å². The highest BCUT2D eigenvalue weighted by Crippen LogP contribution is 2.23. The normalized spacial score (nSPS) is 13.5. The molecule has 0 fully saturated rings. The quantitative estimate of drug-likeness (QED) is 0.0261. The summed E-state index contributed by atoms with van der Waals surface area (Å²) in [6.07, 6.45) is 1.67. The average Bonchev–Trinajstić information content (AvgIpc) is 3.58. The van der Waals surface area contributed by atoms with Crippen molar-refractivity contribution >= 4 is 107 Å². The highest BCUT2D eigenvalue weighted by atomic mass is 35.5. The first kappa shape index (κ1) is 47.2. The highest BCUT2D eigenvalue weighted by molar-refractivity contribution is 7.80. The van der Waals surface area contributed by atoms with E-state index in [0.29, 0.717) is 11.1 Å². The molecule has 0 aliphatic rings. The van der Waals surface area contributed by atoms with E-state index in [1.165, 1.54) is 19.1 Å². The maximum absolute atomic E-state index is 14.1. The highest BCUT2D eigenvalue weighted by Gasteiger charge is 2.32. The van der Waals surface area contributed by atoms with Crippen LogP contribution in [0.15, 0.2) is 53.7 Å². The molecule has 0 saturated heterocycles. The van der Waals surface area contributed by atoms with Crippen LogP contribution in [0.3, 0.4) is 0 Å². The monoisotopic (exact) mass is 879 g/mol. The Bertz CT molecular complexity index is 2000. The number of nitrogens with one attached hydrogen (secondary N) is 7. The number of guanidine groups is 1. The Hall–Kier alpha value is -5.18. The van der Waals surface area contributed by atoms with Gasteiger partial charge in [0.2, 0.25) is 41.4 Å². The molecule has 5 atom stereocenters. The van der Waals surface area contributed by atoms with Crippen molar-refractivity contribution in [3.05, 3.63) is 69.8 Å². The molecule has 0 unspecified atom stereocenters. The second-order valence-corrected chi connectivity index (χ2v) is 14.6. The molecule has 1 heterocycles. The fourth-order valence-corrected chi connectivity index (χ4v) is 6.46. The molecule has 3 aromatic rings. The van der Waals surface area contributed by atoms with Crippen molar-refractivity contribution in [2.45, 2.75) is 62.8 Å². The van der Waals surface area contributed by atoms with Crippen LogP contribution in [0.1, 0.15) is 30.9 Å². The van der Waals surface area contributed by atoms with Gasteiger partial charge in [0.05, 0.1) is 16.6 Å². The molecule has 314 valence electrons. The minimum absolute atomic E-state index is 0.0336. The molecule has 1 aromatic heterocycles. The van der Waals surface area contributed by atoms with Gasteiger partial charge in [-0.3, -0.25) is 38.6 Å². The van der Waals surface area contributed by atoms with Gasteiger partial charge in [-0.25, -0.2) is 0 Å². The van der Waals surface area contributed by atoms with Gasteiger partial charge < -0.3 is 54.1 Å². The Morgan fingerprint density at radius 3 is 1.98 bits per heavy atom. The minimum atomic E-state index is -1.34. The number of fused-ring (bicyclic) bond motifs is 1. The number of hydrogen-bond donors (Lipinski definition) is 12. The number of amides is 7. The number of carbonyl (C=O) groups excluding carboxylic acids is 7. The fourth-order valence-electron chi connectivity index (χ4n) is 5.61. The van der Waals surface area contributed by atoms with Gasteiger partial charge in [-0.2, -0.15) is 25.3 Å². The largest absolute Gasteiger partial charge is 0.370 e. The minimum Gasteiger partial charge on any atom is -0.370 e. The average molecular weight is 881 g/mol. The lowest BCUT2D eigenvalue weighted by molar-refractivity contribution is -0.134. The van der Waals surface area contributed by atoms with Crippen molar-refractivity contribution in [1.82, 2.24) is 36.9 Å². The summed E-state index contributed by atoms with van der Waals surface area (Å²) < 4.78 is 0. The summed E-state index contributed by atoms with van der Waals surface area (Å²) in [4.78, 5) is 98.2. The van der Waals surface area contributed by atoms with E-state index >= 15 is 0 Å². The number of para-hydroxylation sites is 1. The number of aromatic amines is 1. The first-order valence-corrected chi connectivity index (χ1v) is 19.9. The van der Waals surface area contributed by atoms with Gasteiger partial charge in [0.15, 0.2) is 5.96 Å². The van der Waals surface area contributed by atoms with E-state index in [-0.39, 0.29) is 59.7 Å². The summed E-state index contributed by atoms with van der Waals surface area (Å²) in [6.45, 7) is 0.719. The van der Waals surface area contributed by atoms with Gasteiger partial charge >= 0.3 is 0 Å². The zero-order valence-corrected chi connectivity index (χ0v) is 34.7. The van der Waals surface area contributed by atoms with Crippen molar-refractivity contribution < 1.29 is 33.6 Å². The van der Waals surface area contributed by atoms with Crippen molar-refractivity contribution in [2.75, 3.05) is 24.6 Å². The number of benzene rings is 2. The van der Waals surface area contributed by atoms with Crippen molar-refractivity contribution in [3.8, 4) is 0 Å². The van der Waals surface area contributed by atoms with Gasteiger partial charge in [-0.05, 0) is 42.2 Å². The number of rotatable bonds is 22. The number of aliphatic imine (C=N–C) groups is 1. The Labute approximate surface area is 355 Å². The molecule has 0 aliphatic heterocycles. The number of primary amides is 1. The smallest absolute Gasteiger partial charge is 0.243 e. The van der Waals surface area contributed by atoms with E-state index in [0.717, 1.165) is 10.9 Å². The molecule has 58 heavy (non-hydrogen) atoms. The van der Waals surface area contributed by atoms with Crippen molar-refractivity contribution in [3.63, 3.8) is 0 Å². The molecule has 0 spiro atoms. The first-order chi connectivity index (χ1) is 27.5. The van der Waals surface area contributed by atoms with E-state index in [1.807, 2.05) is 24.3 Å². The number of thiol groups is 2. The second kappa shape index (κ2) is 23.3. The lowest BCUT2D eigenvalue weighted by Gasteiger charge is -2.26. The zero-order valence-electron chi connectivity index (χ0n) is 31.3. The Morgan fingerprint density at radius 1 is 0.741 bits per heavy atom. The molecule has 0 bridgehead atoms. The Balaban J connectivity index is 1.92. The van der Waals surface area contributed by atoms with Crippen molar-refractivity contribution in [1.29, 1.82) is 0 Å². The molecule has 22 heteroatoms. The fraction of sp³-hybridized carbons (Fsp3) is 0.389. The first-order valence-electron chi connectivity index (χ1n) is 17.8. The molecule has 13 N–H and O–H groups in total. The number of nitrogens with two attached hydrogens (primary N) is 3. The molecule has 0 saturated carbocycles. The lowest BCUT2D eigenvalue weighted by atomic mass is 10.0. The van der Waals surface area contributed by atoms with E-state index < -0.39 is 78.1 Å². The molecule has 2 aromatic carbocycles. The Morgan fingerprint density at radius 2 is 1.36 bits per heavy atom. The number of aromatic nitrogens is 1. The molecular formula is C36H47Cl2N11O7S2. The van der Waals surface area contributed by atoms with Crippen LogP contribution in [0.2, 0.25) is 10.0 Å². The third-order valence-electron chi connectivity index (χ3n) is 8.53. The van der Waals surface area contributed by atoms with Crippen LogP contribution in [0, 0.1) is 0 Å². The van der Waals surface area contributed by atoms with E-state index in [2.05, 4.69) is 67.1 Å². The number of halogens is 2. The van der Waals surface area contributed by atoms with Crippen LogP contribution in [0.5, 0.6) is 0 Å². The standard InChI is InChI=1S/C36H47Cl2N11O7S2/c1-18(50)45-29(17-58)32(53)44-15-30(51)46-26(12-19-8-9-22(37)23(38)11-19)34(55)47-25(7-4-10-42-36(40)41)33(54)48-27(35(56)49-28(16-57)31(39)52)13-20-14-43-24-6-3-2-5-21(20)24/h2-3,5-6,8-9,11,14,25-29,43,57-58H,4,7,10,12-13,15-17H2,1H3,(H2,39,52)(H,44,53)(H,45,50)(H,46,51)(H,47,55)(H,48,54)(H,49,56)(H4,40,41,42)/t25-,26-,27-,28-,29-/m0/s1. The predicted molar refractivity (Wildman–Crippen MR) is 227 cm³/mol. The third kappa shape index (κ3) is 15.0. The Kier molecular flexibility index (Phi) is 18.9. The number of hydrogen-bond acceptors (Lipinski definition) is 10. The SMILES string of the molecule is CC(=O)N[C@@H](CS)C(=O)NCC(=O)N[C@@H](Cc1ccc(Cl)c(Cl)c1)C(=O)N[C@@H](CCCN=C(N)N)C(=O)N[C@@H](Cc1c[nH]c2ccccc12)C(=O)N[C@@H](CS)C(N)=O. The molecule has 3 rings (SSSR count). The van der Waals surface area contributed by atoms with Crippen LogP contribution >= 0.6 is 48.5 Å². The third-order valence-corrected chi connectivity index (χ3v) is 10.00. The van der Waals surface area contributed by atoms with Gasteiger partial charge in [-0.15, -0.1) is 0 Å². The van der Waals surface area contributed by atoms with Crippen LogP contribution in [0.25, 0.3) is 10.9 Å². The lowest BCUT2D eigenvalue weighted by Crippen LogP contribution is -2.59. The molecule has 7 amide bonds. The summed E-state index contributed by atoms with van der Waals surface area (Å²) >= 11 is 20.5. The summed E-state index contributed by atoms with van der Waals surface area (Å²) in [7, 11) is 0. The number of carbonyl (C=O) groups is 7. The van der Waals surface area contributed by atoms with Gasteiger partial charge in [0.1, 0.15) is 30.2 Å². The van der Waals surface area contributed by atoms with E-state index in [1.54, 1.807) is 12.3 Å². The second-order valence-electron chi connectivity index (χ2n) is 13.0. The van der Waals surface area contributed by atoms with Gasteiger partial charge in [-0.1, -0.05) is 47.5 Å². The number of nitrogens with zero attached hydrogens (tertiary/aromatic N) is 1. The van der Waals surface area contributed by atoms with Crippen molar-refractivity contribution in [2.24, 2.45) is 22.2 Å². The van der Waals surface area contributed by atoms with Crippen LogP contribution in [0.4, 0.5) is 0 Å². The molecule has 18 nitrogen and oxygen atoms in total. The van der Waals surface area contributed by atoms with E-state index in [9.17, 15) is 33.6 Å². The molecule has 0 aliphatic carbocycles. The summed E-state index contributed by atoms with van der Waals surface area (Å²) in [6, 6.07) is 5.78. The van der Waals surface area contributed by atoms with Crippen LogP contribution < -0.4 is 49.1 Å². The maximum Gasteiger partial charge on any atom is 0.243 e. The summed E-state index contributed by atoms with van der Waals surface area (Å²) in [5.41, 5.74) is 18.3. The summed E-state index contributed by atoms with van der Waals surface area (Å²) in [5, 5.41) is 16.5. The maximum atomic E-state index is 14.1. The number of H-pyrrole nitrogens is 1. The van der Waals surface area contributed by atoms with Crippen LogP contribution in [-0.2, 0) is 46.4 Å². The van der Waals surface area contributed by atoms with E-state index in [4.69, 9.17) is 40.4 Å².